The Morgan fingerprint density at radius 2 is 2.37 bits per heavy atom. The van der Waals surface area contributed by atoms with Gasteiger partial charge in [0.25, 0.3) is 5.91 Å². The molecule has 1 atom stereocenters. The van der Waals surface area contributed by atoms with E-state index in [1.165, 1.54) is 19.2 Å². The Kier molecular flexibility index (Phi) is 4.37. The van der Waals surface area contributed by atoms with E-state index in [1.54, 1.807) is 11.0 Å². The first-order valence-corrected chi connectivity index (χ1v) is 6.40. The molecular weight excluding hydrogens is 249 g/mol. The van der Waals surface area contributed by atoms with E-state index in [9.17, 15) is 14.3 Å². The minimum atomic E-state index is -0.574. The highest BCUT2D eigenvalue weighted by Crippen LogP contribution is 2.25. The highest BCUT2D eigenvalue weighted by atomic mass is 19.1. The molecule has 4 nitrogen and oxygen atoms in total. The average molecular weight is 267 g/mol. The molecular formula is C14H18FNO3. The lowest BCUT2D eigenvalue weighted by Crippen LogP contribution is -2.41. The van der Waals surface area contributed by atoms with E-state index >= 15 is 0 Å². The number of likely N-dealkylation sites (tertiary alicyclic amines) is 1. The molecule has 0 aromatic heterocycles. The Morgan fingerprint density at radius 1 is 1.58 bits per heavy atom. The predicted octanol–water partition coefficient (Wildman–Crippen LogP) is 1.68. The molecule has 1 N–H and O–H groups in total. The van der Waals surface area contributed by atoms with Gasteiger partial charge in [-0.25, -0.2) is 4.39 Å². The molecule has 104 valence electrons. The Labute approximate surface area is 111 Å². The first-order chi connectivity index (χ1) is 9.17. The third-order valence-electron chi connectivity index (χ3n) is 3.47. The Morgan fingerprint density at radius 3 is 3.05 bits per heavy atom. The van der Waals surface area contributed by atoms with Crippen LogP contribution in [0.15, 0.2) is 18.2 Å². The minimum Gasteiger partial charge on any atom is -0.496 e. The van der Waals surface area contributed by atoms with Gasteiger partial charge >= 0.3 is 0 Å². The number of hydrogen-bond acceptors (Lipinski definition) is 3. The number of halogens is 1. The van der Waals surface area contributed by atoms with E-state index in [4.69, 9.17) is 4.74 Å². The predicted molar refractivity (Wildman–Crippen MR) is 68.7 cm³/mol. The fourth-order valence-corrected chi connectivity index (χ4v) is 2.44. The molecule has 0 bridgehead atoms. The van der Waals surface area contributed by atoms with Gasteiger partial charge in [-0.05, 0) is 30.9 Å². The molecule has 1 heterocycles. The molecule has 1 aromatic rings. The summed E-state index contributed by atoms with van der Waals surface area (Å²) in [6.45, 7) is 1.11. The zero-order valence-electron chi connectivity index (χ0n) is 10.9. The van der Waals surface area contributed by atoms with Crippen molar-refractivity contribution in [2.24, 2.45) is 5.92 Å². The van der Waals surface area contributed by atoms with Crippen LogP contribution in [-0.4, -0.2) is 42.7 Å². The molecule has 1 unspecified atom stereocenters. The van der Waals surface area contributed by atoms with Crippen molar-refractivity contribution < 1.29 is 19.0 Å². The van der Waals surface area contributed by atoms with Crippen molar-refractivity contribution in [3.8, 4) is 5.75 Å². The first-order valence-electron chi connectivity index (χ1n) is 6.40. The zero-order valence-corrected chi connectivity index (χ0v) is 10.9. The Bertz CT molecular complexity index is 464. The summed E-state index contributed by atoms with van der Waals surface area (Å²) in [6, 6.07) is 4.34. The number of aliphatic hydroxyl groups is 1. The molecule has 0 saturated carbocycles. The summed E-state index contributed by atoms with van der Waals surface area (Å²) < 4.78 is 18.9. The third-order valence-corrected chi connectivity index (χ3v) is 3.47. The highest BCUT2D eigenvalue weighted by Gasteiger charge is 2.27. The van der Waals surface area contributed by atoms with Crippen LogP contribution >= 0.6 is 0 Å². The van der Waals surface area contributed by atoms with E-state index in [0.29, 0.717) is 13.1 Å². The maximum atomic E-state index is 13.8. The van der Waals surface area contributed by atoms with E-state index in [0.717, 1.165) is 12.8 Å². The van der Waals surface area contributed by atoms with Crippen molar-refractivity contribution in [2.75, 3.05) is 26.8 Å². The summed E-state index contributed by atoms with van der Waals surface area (Å²) in [7, 11) is 1.41. The summed E-state index contributed by atoms with van der Waals surface area (Å²) in [5, 5.41) is 9.18. The van der Waals surface area contributed by atoms with Crippen LogP contribution in [0.5, 0.6) is 5.75 Å². The van der Waals surface area contributed by atoms with Gasteiger partial charge < -0.3 is 14.7 Å². The Balaban J connectivity index is 2.24. The monoisotopic (exact) mass is 267 g/mol. The van der Waals surface area contributed by atoms with Crippen molar-refractivity contribution in [1.29, 1.82) is 0 Å². The number of carbonyl (C=O) groups is 1. The lowest BCUT2D eigenvalue weighted by molar-refractivity contribution is 0.0613. The molecule has 0 radical (unpaired) electrons. The van der Waals surface area contributed by atoms with Crippen LogP contribution < -0.4 is 4.74 Å². The number of piperidine rings is 1. The number of hydrogen-bond donors (Lipinski definition) is 1. The largest absolute Gasteiger partial charge is 0.496 e. The van der Waals surface area contributed by atoms with Crippen LogP contribution in [0.2, 0.25) is 0 Å². The molecule has 1 aliphatic rings. The van der Waals surface area contributed by atoms with Crippen LogP contribution in [0.3, 0.4) is 0 Å². The fraction of sp³-hybridized carbons (Fsp3) is 0.500. The molecule has 1 fully saturated rings. The number of methoxy groups -OCH3 is 1. The molecule has 1 aromatic carbocycles. The SMILES string of the molecule is COc1cccc(F)c1C(=O)N1CCCC(CO)C1. The fourth-order valence-electron chi connectivity index (χ4n) is 2.44. The van der Waals surface area contributed by atoms with E-state index < -0.39 is 5.82 Å². The quantitative estimate of drug-likeness (QED) is 0.906. The molecule has 0 aliphatic carbocycles. The second kappa shape index (κ2) is 6.02. The van der Waals surface area contributed by atoms with Crippen LogP contribution in [0, 0.1) is 11.7 Å². The molecule has 2 rings (SSSR count). The number of benzene rings is 1. The first kappa shape index (κ1) is 13.8. The maximum absolute atomic E-state index is 13.8. The van der Waals surface area contributed by atoms with Crippen LogP contribution in [0.4, 0.5) is 4.39 Å². The van der Waals surface area contributed by atoms with Crippen molar-refractivity contribution in [3.63, 3.8) is 0 Å². The summed E-state index contributed by atoms with van der Waals surface area (Å²) >= 11 is 0. The van der Waals surface area contributed by atoms with Gasteiger partial charge in [-0.3, -0.25) is 4.79 Å². The molecule has 5 heteroatoms. The van der Waals surface area contributed by atoms with Gasteiger partial charge in [0, 0.05) is 19.7 Å². The van der Waals surface area contributed by atoms with Gasteiger partial charge in [0.15, 0.2) is 0 Å². The smallest absolute Gasteiger partial charge is 0.260 e. The number of rotatable bonds is 3. The second-order valence-corrected chi connectivity index (χ2v) is 4.76. The minimum absolute atomic E-state index is 0.0245. The van der Waals surface area contributed by atoms with Gasteiger partial charge in [0.2, 0.25) is 0 Å². The van der Waals surface area contributed by atoms with Crippen molar-refractivity contribution in [2.45, 2.75) is 12.8 Å². The van der Waals surface area contributed by atoms with Crippen molar-refractivity contribution in [1.82, 2.24) is 4.90 Å². The maximum Gasteiger partial charge on any atom is 0.260 e. The number of carbonyl (C=O) groups excluding carboxylic acids is 1. The summed E-state index contributed by atoms with van der Waals surface area (Å²) in [5.41, 5.74) is -0.0245. The molecule has 1 saturated heterocycles. The third kappa shape index (κ3) is 2.87. The van der Waals surface area contributed by atoms with Crippen LogP contribution in [-0.2, 0) is 0 Å². The summed E-state index contributed by atoms with van der Waals surface area (Å²) in [5.74, 6) is -0.616. The summed E-state index contributed by atoms with van der Waals surface area (Å²) in [4.78, 5) is 14.0. The number of ether oxygens (including phenoxy) is 1. The average Bonchev–Trinajstić information content (AvgIpc) is 2.46. The summed E-state index contributed by atoms with van der Waals surface area (Å²) in [6.07, 6.45) is 1.72. The van der Waals surface area contributed by atoms with Gasteiger partial charge in [-0.2, -0.15) is 0 Å². The van der Waals surface area contributed by atoms with Gasteiger partial charge in [-0.1, -0.05) is 6.07 Å². The normalized spacial score (nSPS) is 19.3. The Hall–Kier alpha value is -1.62. The van der Waals surface area contributed by atoms with E-state index in [2.05, 4.69) is 0 Å². The lowest BCUT2D eigenvalue weighted by Gasteiger charge is -2.32. The molecule has 19 heavy (non-hydrogen) atoms. The topological polar surface area (TPSA) is 49.8 Å². The highest BCUT2D eigenvalue weighted by molar-refractivity contribution is 5.97. The lowest BCUT2D eigenvalue weighted by atomic mass is 9.98. The van der Waals surface area contributed by atoms with Crippen molar-refractivity contribution >= 4 is 5.91 Å². The van der Waals surface area contributed by atoms with Gasteiger partial charge in [-0.15, -0.1) is 0 Å². The van der Waals surface area contributed by atoms with Crippen LogP contribution in [0.1, 0.15) is 23.2 Å². The van der Waals surface area contributed by atoms with Gasteiger partial charge in [0.1, 0.15) is 17.1 Å². The number of amides is 1. The molecule has 1 amide bonds. The molecule has 1 aliphatic heterocycles. The van der Waals surface area contributed by atoms with Gasteiger partial charge in [0.05, 0.1) is 7.11 Å². The zero-order chi connectivity index (χ0) is 13.8. The van der Waals surface area contributed by atoms with E-state index in [1.807, 2.05) is 0 Å². The second-order valence-electron chi connectivity index (χ2n) is 4.76. The standard InChI is InChI=1S/C14H18FNO3/c1-19-12-6-2-5-11(15)13(12)14(18)16-7-3-4-10(8-16)9-17/h2,5-6,10,17H,3-4,7-9H2,1H3. The number of aliphatic hydroxyl groups excluding tert-OH is 1. The molecule has 0 spiro atoms. The van der Waals surface area contributed by atoms with Crippen molar-refractivity contribution in [3.05, 3.63) is 29.6 Å². The number of nitrogens with zero attached hydrogens (tertiary/aromatic N) is 1. The van der Waals surface area contributed by atoms with Crippen LogP contribution in [0.25, 0.3) is 0 Å². The van der Waals surface area contributed by atoms with E-state index in [-0.39, 0.29) is 29.7 Å².